The summed E-state index contributed by atoms with van der Waals surface area (Å²) in [5.41, 5.74) is 4.67. The molecular weight excluding hydrogens is 336 g/mol. The highest BCUT2D eigenvalue weighted by Gasteiger charge is 2.29. The van der Waals surface area contributed by atoms with E-state index in [9.17, 15) is 4.79 Å². The van der Waals surface area contributed by atoms with Crippen molar-refractivity contribution in [2.75, 3.05) is 45.2 Å². The number of hydrogen-bond donors (Lipinski definition) is 0. The minimum Gasteiger partial charge on any atom is -0.369 e. The van der Waals surface area contributed by atoms with Crippen molar-refractivity contribution in [2.24, 2.45) is 0 Å². The highest BCUT2D eigenvalue weighted by atomic mass is 16.2. The van der Waals surface area contributed by atoms with Crippen LogP contribution < -0.4 is 4.90 Å². The van der Waals surface area contributed by atoms with Gasteiger partial charge in [-0.3, -0.25) is 14.7 Å². The van der Waals surface area contributed by atoms with Crippen molar-refractivity contribution in [1.82, 2.24) is 14.8 Å². The maximum atomic E-state index is 13.3. The Kier molecular flexibility index (Phi) is 6.11. The van der Waals surface area contributed by atoms with Crippen LogP contribution in [0.25, 0.3) is 0 Å². The lowest BCUT2D eigenvalue weighted by Gasteiger charge is -2.30. The van der Waals surface area contributed by atoms with Crippen LogP contribution in [0.4, 0.5) is 5.69 Å². The summed E-state index contributed by atoms with van der Waals surface area (Å²) in [6.07, 6.45) is 4.72. The van der Waals surface area contributed by atoms with E-state index in [0.29, 0.717) is 0 Å². The predicted octanol–water partition coefficient (Wildman–Crippen LogP) is 3.04. The molecule has 0 saturated carbocycles. The van der Waals surface area contributed by atoms with Gasteiger partial charge in [0.25, 0.3) is 0 Å². The lowest BCUT2D eigenvalue weighted by Crippen LogP contribution is -2.42. The molecule has 0 bridgehead atoms. The summed E-state index contributed by atoms with van der Waals surface area (Å²) in [6.45, 7) is 7.53. The second-order valence-electron chi connectivity index (χ2n) is 7.60. The Bertz CT molecular complexity index is 772. The molecular formula is C22H30N4O. The minimum absolute atomic E-state index is 0.192. The van der Waals surface area contributed by atoms with Crippen LogP contribution in [0.15, 0.2) is 42.7 Å². The van der Waals surface area contributed by atoms with Gasteiger partial charge in [0.15, 0.2) is 0 Å². The van der Waals surface area contributed by atoms with Crippen molar-refractivity contribution in [2.45, 2.75) is 26.3 Å². The molecule has 1 aromatic carbocycles. The average molecular weight is 367 g/mol. The fraction of sp³-hybridized carbons (Fsp3) is 0.455. The Morgan fingerprint density at radius 1 is 1.04 bits per heavy atom. The van der Waals surface area contributed by atoms with E-state index < -0.39 is 0 Å². The van der Waals surface area contributed by atoms with Crippen LogP contribution in [0, 0.1) is 13.8 Å². The molecule has 1 aliphatic rings. The summed E-state index contributed by atoms with van der Waals surface area (Å²) in [4.78, 5) is 24.0. The van der Waals surface area contributed by atoms with Gasteiger partial charge in [0.2, 0.25) is 5.91 Å². The number of anilines is 1. The predicted molar refractivity (Wildman–Crippen MR) is 110 cm³/mol. The third kappa shape index (κ3) is 4.48. The maximum absolute atomic E-state index is 13.3. The number of carbonyl (C=O) groups is 1. The zero-order chi connectivity index (χ0) is 19.4. The van der Waals surface area contributed by atoms with Gasteiger partial charge < -0.3 is 9.80 Å². The molecule has 1 aliphatic heterocycles. The number of likely N-dealkylation sites (N-methyl/N-ethyl adjacent to an activating group) is 1. The Labute approximate surface area is 162 Å². The van der Waals surface area contributed by atoms with Crippen molar-refractivity contribution in [3.63, 3.8) is 0 Å². The van der Waals surface area contributed by atoms with Crippen LogP contribution in [-0.4, -0.2) is 61.0 Å². The zero-order valence-corrected chi connectivity index (χ0v) is 16.9. The molecule has 5 heteroatoms. The van der Waals surface area contributed by atoms with E-state index in [-0.39, 0.29) is 11.9 Å². The van der Waals surface area contributed by atoms with Gasteiger partial charge in [-0.25, -0.2) is 0 Å². The number of benzene rings is 1. The van der Waals surface area contributed by atoms with Gasteiger partial charge in [0.05, 0.1) is 0 Å². The fourth-order valence-electron chi connectivity index (χ4n) is 3.78. The number of hydrogen-bond acceptors (Lipinski definition) is 4. The summed E-state index contributed by atoms with van der Waals surface area (Å²) in [7, 11) is 3.96. The number of pyridine rings is 1. The molecule has 1 amide bonds. The van der Waals surface area contributed by atoms with Gasteiger partial charge in [0.1, 0.15) is 6.04 Å². The Morgan fingerprint density at radius 3 is 2.44 bits per heavy atom. The molecule has 0 N–H and O–H groups in total. The summed E-state index contributed by atoms with van der Waals surface area (Å²) < 4.78 is 0. The highest BCUT2D eigenvalue weighted by molar-refractivity contribution is 5.83. The molecule has 5 nitrogen and oxygen atoms in total. The Morgan fingerprint density at radius 2 is 1.78 bits per heavy atom. The summed E-state index contributed by atoms with van der Waals surface area (Å²) in [5.74, 6) is 0.192. The molecule has 0 aliphatic carbocycles. The normalized spacial score (nSPS) is 16.3. The number of aromatic nitrogens is 1. The van der Waals surface area contributed by atoms with Crippen LogP contribution in [-0.2, 0) is 4.79 Å². The van der Waals surface area contributed by atoms with Gasteiger partial charge in [-0.05, 0) is 51.6 Å². The second kappa shape index (κ2) is 8.53. The molecule has 0 spiro atoms. The van der Waals surface area contributed by atoms with Crippen LogP contribution >= 0.6 is 0 Å². The van der Waals surface area contributed by atoms with Gasteiger partial charge in [-0.1, -0.05) is 29.8 Å². The van der Waals surface area contributed by atoms with Crippen molar-refractivity contribution in [1.29, 1.82) is 0 Å². The Balaban J connectivity index is 1.74. The molecule has 2 heterocycles. The van der Waals surface area contributed by atoms with E-state index in [2.05, 4.69) is 54.1 Å². The largest absolute Gasteiger partial charge is 0.369 e. The molecule has 3 rings (SSSR count). The van der Waals surface area contributed by atoms with Crippen LogP contribution in [0.5, 0.6) is 0 Å². The third-order valence-electron chi connectivity index (χ3n) is 5.28. The van der Waals surface area contributed by atoms with E-state index in [1.807, 2.05) is 36.3 Å². The first-order chi connectivity index (χ1) is 13.0. The third-order valence-corrected chi connectivity index (χ3v) is 5.28. The van der Waals surface area contributed by atoms with E-state index in [0.717, 1.165) is 38.2 Å². The van der Waals surface area contributed by atoms with Gasteiger partial charge in [-0.2, -0.15) is 0 Å². The first kappa shape index (κ1) is 19.4. The molecule has 27 heavy (non-hydrogen) atoms. The molecule has 2 aromatic rings. The second-order valence-corrected chi connectivity index (χ2v) is 7.60. The first-order valence-electron chi connectivity index (χ1n) is 9.64. The van der Waals surface area contributed by atoms with Gasteiger partial charge >= 0.3 is 0 Å². The number of nitrogens with zero attached hydrogens (tertiary/aromatic N) is 4. The van der Waals surface area contributed by atoms with Crippen LogP contribution in [0.3, 0.4) is 0 Å². The molecule has 1 fully saturated rings. The number of aryl methyl sites for hydroxylation is 2. The highest BCUT2D eigenvalue weighted by Crippen LogP contribution is 2.24. The monoisotopic (exact) mass is 366 g/mol. The SMILES string of the molecule is Cc1ccc([C@H](C(=O)N2CCCN(c3ccncc3C)CC2)N(C)C)cc1. The quantitative estimate of drug-likeness (QED) is 0.834. The lowest BCUT2D eigenvalue weighted by atomic mass is 10.0. The molecule has 0 radical (unpaired) electrons. The molecule has 144 valence electrons. The first-order valence-corrected chi connectivity index (χ1v) is 9.64. The van der Waals surface area contributed by atoms with E-state index in [1.165, 1.54) is 16.8 Å². The van der Waals surface area contributed by atoms with E-state index >= 15 is 0 Å². The van der Waals surface area contributed by atoms with Crippen molar-refractivity contribution in [3.05, 3.63) is 59.4 Å². The summed E-state index contributed by atoms with van der Waals surface area (Å²) >= 11 is 0. The van der Waals surface area contributed by atoms with E-state index in [4.69, 9.17) is 0 Å². The minimum atomic E-state index is -0.236. The van der Waals surface area contributed by atoms with Crippen LogP contribution in [0.1, 0.15) is 29.2 Å². The molecule has 1 atom stereocenters. The smallest absolute Gasteiger partial charge is 0.244 e. The molecule has 0 unspecified atom stereocenters. The number of rotatable bonds is 4. The number of amides is 1. The fourth-order valence-corrected chi connectivity index (χ4v) is 3.78. The summed E-state index contributed by atoms with van der Waals surface area (Å²) in [6, 6.07) is 10.1. The topological polar surface area (TPSA) is 39.7 Å². The average Bonchev–Trinajstić information content (AvgIpc) is 2.90. The van der Waals surface area contributed by atoms with Crippen molar-refractivity contribution in [3.8, 4) is 0 Å². The lowest BCUT2D eigenvalue weighted by molar-refractivity contribution is -0.136. The number of carbonyl (C=O) groups excluding carboxylic acids is 1. The van der Waals surface area contributed by atoms with Crippen molar-refractivity contribution < 1.29 is 4.79 Å². The van der Waals surface area contributed by atoms with Crippen molar-refractivity contribution >= 4 is 11.6 Å². The molecule has 1 saturated heterocycles. The van der Waals surface area contributed by atoms with Gasteiger partial charge in [-0.15, -0.1) is 0 Å². The zero-order valence-electron chi connectivity index (χ0n) is 16.9. The standard InChI is InChI=1S/C22H30N4O/c1-17-6-8-19(9-7-17)21(24(3)4)22(27)26-13-5-12-25(14-15-26)20-10-11-23-16-18(20)2/h6-11,16,21H,5,12-15H2,1-4H3/t21-/m1/s1. The summed E-state index contributed by atoms with van der Waals surface area (Å²) in [5, 5.41) is 0. The Hall–Kier alpha value is -2.40. The van der Waals surface area contributed by atoms with Crippen LogP contribution in [0.2, 0.25) is 0 Å². The van der Waals surface area contributed by atoms with Gasteiger partial charge in [0, 0.05) is 44.3 Å². The molecule has 1 aromatic heterocycles. The van der Waals surface area contributed by atoms with E-state index in [1.54, 1.807) is 0 Å². The maximum Gasteiger partial charge on any atom is 0.244 e.